The number of aliphatic hydroxyl groups is 1. The first-order chi connectivity index (χ1) is 17.5. The van der Waals surface area contributed by atoms with Gasteiger partial charge in [-0.1, -0.05) is 72.5 Å². The monoisotopic (exact) mass is 490 g/mol. The third-order valence-electron chi connectivity index (χ3n) is 5.80. The molecule has 188 valence electrons. The van der Waals surface area contributed by atoms with Crippen LogP contribution in [0.4, 0.5) is 15.8 Å². The average Bonchev–Trinajstić information content (AvgIpc) is 2.87. The fraction of sp³-hybridized carbons (Fsp3) is 0.310. The number of anilines is 2. The predicted octanol–water partition coefficient (Wildman–Crippen LogP) is 3.98. The molecule has 7 heteroatoms. The van der Waals surface area contributed by atoms with Crippen molar-refractivity contribution in [1.29, 1.82) is 0 Å². The topological polar surface area (TPSA) is 86.0 Å². The zero-order valence-corrected chi connectivity index (χ0v) is 20.1. The van der Waals surface area contributed by atoms with Crippen LogP contribution >= 0.6 is 0 Å². The molecule has 0 saturated carbocycles. The second kappa shape index (κ2) is 12.5. The molecule has 6 nitrogen and oxygen atoms in total. The van der Waals surface area contributed by atoms with Gasteiger partial charge < -0.3 is 30.4 Å². The molecule has 0 unspecified atom stereocenters. The van der Waals surface area contributed by atoms with E-state index in [2.05, 4.69) is 17.2 Å². The van der Waals surface area contributed by atoms with Gasteiger partial charge in [-0.15, -0.1) is 0 Å². The summed E-state index contributed by atoms with van der Waals surface area (Å²) in [5, 5.41) is 13.4. The van der Waals surface area contributed by atoms with Crippen molar-refractivity contribution in [2.45, 2.75) is 19.3 Å². The van der Waals surface area contributed by atoms with Crippen molar-refractivity contribution in [2.24, 2.45) is 5.41 Å². The van der Waals surface area contributed by atoms with Crippen molar-refractivity contribution >= 4 is 11.4 Å². The van der Waals surface area contributed by atoms with Gasteiger partial charge in [-0.25, -0.2) is 4.39 Å². The summed E-state index contributed by atoms with van der Waals surface area (Å²) in [6.07, 6.45) is -0.784. The van der Waals surface area contributed by atoms with Crippen molar-refractivity contribution in [3.8, 4) is 11.8 Å². The molecule has 4 N–H and O–H groups in total. The Kier molecular flexibility index (Phi) is 8.93. The maximum absolute atomic E-state index is 14.2. The van der Waals surface area contributed by atoms with Gasteiger partial charge in [-0.2, -0.15) is 0 Å². The Morgan fingerprint density at radius 2 is 1.64 bits per heavy atom. The molecular formula is C29H31FN2O4. The summed E-state index contributed by atoms with van der Waals surface area (Å²) in [6.45, 7) is 2.55. The zero-order chi connectivity index (χ0) is 25.2. The van der Waals surface area contributed by atoms with Gasteiger partial charge in [0.1, 0.15) is 11.2 Å². The minimum absolute atomic E-state index is 0.0100. The Bertz CT molecular complexity index is 1170. The number of benzene rings is 3. The quantitative estimate of drug-likeness (QED) is 0.279. The Balaban J connectivity index is 1.35. The molecule has 1 aliphatic heterocycles. The number of rotatable bonds is 11. The highest BCUT2D eigenvalue weighted by molar-refractivity contribution is 5.65. The van der Waals surface area contributed by atoms with Crippen LogP contribution in [0.25, 0.3) is 0 Å². The summed E-state index contributed by atoms with van der Waals surface area (Å²) in [4.78, 5) is 0. The second-order valence-electron chi connectivity index (χ2n) is 8.96. The van der Waals surface area contributed by atoms with Crippen LogP contribution in [0.2, 0.25) is 0 Å². The van der Waals surface area contributed by atoms with Gasteiger partial charge in [-0.05, 0) is 17.2 Å². The molecule has 3 aromatic carbocycles. The van der Waals surface area contributed by atoms with E-state index in [1.165, 1.54) is 12.1 Å². The largest absolute Gasteiger partial charge is 0.396 e. The Hall–Kier alpha value is -3.41. The van der Waals surface area contributed by atoms with E-state index in [1.54, 1.807) is 0 Å². The van der Waals surface area contributed by atoms with Crippen LogP contribution in [0.5, 0.6) is 0 Å². The van der Waals surface area contributed by atoms with E-state index in [0.29, 0.717) is 44.3 Å². The lowest BCUT2D eigenvalue weighted by molar-refractivity contribution is -0.116. The third-order valence-corrected chi connectivity index (χ3v) is 5.80. The lowest BCUT2D eigenvalue weighted by atomic mass is 9.87. The summed E-state index contributed by atoms with van der Waals surface area (Å²) in [5.41, 5.74) is 8.50. The smallest absolute Gasteiger partial charge is 0.148 e. The van der Waals surface area contributed by atoms with E-state index < -0.39 is 17.3 Å². The van der Waals surface area contributed by atoms with Crippen LogP contribution in [-0.4, -0.2) is 44.2 Å². The fourth-order valence-electron chi connectivity index (χ4n) is 3.69. The molecule has 36 heavy (non-hydrogen) atoms. The van der Waals surface area contributed by atoms with Crippen molar-refractivity contribution in [3.05, 3.63) is 95.3 Å². The van der Waals surface area contributed by atoms with Crippen LogP contribution in [0.15, 0.2) is 72.8 Å². The molecule has 1 fully saturated rings. The molecule has 0 aliphatic carbocycles. The van der Waals surface area contributed by atoms with Gasteiger partial charge in [0, 0.05) is 18.2 Å². The van der Waals surface area contributed by atoms with Crippen LogP contribution in [-0.2, 0) is 27.4 Å². The van der Waals surface area contributed by atoms with Crippen LogP contribution < -0.4 is 11.1 Å². The Morgan fingerprint density at radius 1 is 1.00 bits per heavy atom. The summed E-state index contributed by atoms with van der Waals surface area (Å²) in [6, 6.07) is 22.5. The Labute approximate surface area is 211 Å². The number of nitrogens with one attached hydrogen (secondary N) is 1. The molecule has 0 spiro atoms. The van der Waals surface area contributed by atoms with E-state index in [-0.39, 0.29) is 18.8 Å². The summed E-state index contributed by atoms with van der Waals surface area (Å²) < 4.78 is 31.1. The molecule has 0 amide bonds. The zero-order valence-electron chi connectivity index (χ0n) is 20.1. The van der Waals surface area contributed by atoms with Crippen molar-refractivity contribution < 1.29 is 23.7 Å². The molecule has 1 atom stereocenters. The fourth-order valence-corrected chi connectivity index (χ4v) is 3.69. The average molecular weight is 491 g/mol. The molecule has 1 saturated heterocycles. The molecule has 1 aliphatic rings. The van der Waals surface area contributed by atoms with Crippen LogP contribution in [0.3, 0.4) is 0 Å². The third kappa shape index (κ3) is 7.30. The number of nitrogen functional groups attached to an aromatic ring is 1. The molecule has 4 rings (SSSR count). The number of hydrogen-bond acceptors (Lipinski definition) is 6. The number of nitrogens with two attached hydrogens (primary N) is 1. The molecule has 3 aromatic rings. The maximum atomic E-state index is 14.2. The number of hydrogen-bond donors (Lipinski definition) is 3. The molecule has 0 bridgehead atoms. The first kappa shape index (κ1) is 25.7. The van der Waals surface area contributed by atoms with Crippen LogP contribution in [0.1, 0.15) is 16.7 Å². The van der Waals surface area contributed by atoms with Crippen molar-refractivity contribution in [2.75, 3.05) is 44.0 Å². The van der Waals surface area contributed by atoms with E-state index in [9.17, 15) is 9.50 Å². The van der Waals surface area contributed by atoms with Gasteiger partial charge in [-0.3, -0.25) is 0 Å². The molecule has 0 radical (unpaired) electrons. The minimum atomic E-state index is -0.784. The summed E-state index contributed by atoms with van der Waals surface area (Å²) in [5.74, 6) is 5.84. The Morgan fingerprint density at radius 3 is 2.25 bits per heavy atom. The molecule has 0 aromatic heterocycles. The van der Waals surface area contributed by atoms with Gasteiger partial charge >= 0.3 is 0 Å². The van der Waals surface area contributed by atoms with E-state index in [1.807, 2.05) is 60.7 Å². The summed E-state index contributed by atoms with van der Waals surface area (Å²) in [7, 11) is 0. The minimum Gasteiger partial charge on any atom is -0.396 e. The highest BCUT2D eigenvalue weighted by atomic mass is 19.1. The van der Waals surface area contributed by atoms with Gasteiger partial charge in [0.15, 0.2) is 0 Å². The lowest BCUT2D eigenvalue weighted by Gasteiger charge is -2.36. The highest BCUT2D eigenvalue weighted by Gasteiger charge is 2.37. The van der Waals surface area contributed by atoms with Crippen molar-refractivity contribution in [1.82, 2.24) is 0 Å². The number of halogens is 1. The molecule has 1 heterocycles. The number of aliphatic hydroxyl groups excluding tert-OH is 1. The van der Waals surface area contributed by atoms with Gasteiger partial charge in [0.25, 0.3) is 0 Å². The summed E-state index contributed by atoms with van der Waals surface area (Å²) >= 11 is 0. The SMILES string of the molecule is Nc1cc(C#CC2(COCc3ccccc3)COC2)c(NC[C@@H](O)COCc2ccccc2)cc1F. The maximum Gasteiger partial charge on any atom is 0.148 e. The second-order valence-corrected chi connectivity index (χ2v) is 8.96. The van der Waals surface area contributed by atoms with E-state index >= 15 is 0 Å². The van der Waals surface area contributed by atoms with Crippen molar-refractivity contribution in [3.63, 3.8) is 0 Å². The molecular weight excluding hydrogens is 459 g/mol. The van der Waals surface area contributed by atoms with Crippen LogP contribution in [0, 0.1) is 23.1 Å². The highest BCUT2D eigenvalue weighted by Crippen LogP contribution is 2.29. The van der Waals surface area contributed by atoms with Gasteiger partial charge in [0.2, 0.25) is 0 Å². The van der Waals surface area contributed by atoms with E-state index in [4.69, 9.17) is 19.9 Å². The van der Waals surface area contributed by atoms with E-state index in [0.717, 1.165) is 11.1 Å². The van der Waals surface area contributed by atoms with Gasteiger partial charge in [0.05, 0.1) is 57.1 Å². The normalized spacial score (nSPS) is 14.8. The predicted molar refractivity (Wildman–Crippen MR) is 138 cm³/mol. The first-order valence-corrected chi connectivity index (χ1v) is 11.9. The number of ether oxygens (including phenoxy) is 3. The lowest BCUT2D eigenvalue weighted by Crippen LogP contribution is -2.45. The first-order valence-electron chi connectivity index (χ1n) is 11.9. The standard InChI is InChI=1S/C29H31FN2O4/c30-26-14-28(32-15-25(33)18-34-16-22-7-3-1-4-8-22)24(13-27(26)31)11-12-29(20-36-21-29)19-35-17-23-9-5-2-6-10-23/h1-10,13-14,25,32-33H,15-21,31H2/t25-/m1/s1.